The highest BCUT2D eigenvalue weighted by atomic mass is 16.5. The molecule has 5 heteroatoms. The van der Waals surface area contributed by atoms with Gasteiger partial charge in [0.2, 0.25) is 5.91 Å². The number of ether oxygens (including phenoxy) is 1. The number of morpholine rings is 1. The molecule has 2 unspecified atom stereocenters. The molecule has 1 rings (SSSR count). The lowest BCUT2D eigenvalue weighted by Crippen LogP contribution is -2.59. The minimum Gasteiger partial charge on any atom is -0.368 e. The van der Waals surface area contributed by atoms with Crippen LogP contribution in [-0.4, -0.2) is 54.7 Å². The topological polar surface area (TPSA) is 67.6 Å². The maximum Gasteiger partial charge on any atom is 0.237 e. The van der Waals surface area contributed by atoms with Crippen molar-refractivity contribution in [3.63, 3.8) is 0 Å². The van der Waals surface area contributed by atoms with Gasteiger partial charge in [-0.15, -0.1) is 0 Å². The van der Waals surface area contributed by atoms with E-state index < -0.39 is 0 Å². The molecule has 2 atom stereocenters. The first kappa shape index (κ1) is 14.4. The van der Waals surface area contributed by atoms with Crippen LogP contribution in [0.3, 0.4) is 0 Å². The van der Waals surface area contributed by atoms with Crippen molar-refractivity contribution in [3.05, 3.63) is 0 Å². The molecule has 1 aliphatic rings. The Morgan fingerprint density at radius 2 is 2.29 bits per heavy atom. The summed E-state index contributed by atoms with van der Waals surface area (Å²) in [6.07, 6.45) is 0.00984. The summed E-state index contributed by atoms with van der Waals surface area (Å²) in [5.41, 5.74) is 5.42. The van der Waals surface area contributed by atoms with Crippen molar-refractivity contribution in [2.75, 3.05) is 26.2 Å². The average molecular weight is 243 g/mol. The van der Waals surface area contributed by atoms with E-state index in [1.54, 1.807) is 0 Å². The number of carbonyl (C=O) groups is 1. The van der Waals surface area contributed by atoms with Crippen LogP contribution in [0.15, 0.2) is 0 Å². The molecule has 0 aromatic rings. The van der Waals surface area contributed by atoms with Crippen molar-refractivity contribution in [2.24, 2.45) is 5.73 Å². The number of carbonyl (C=O) groups excluding carboxylic acids is 1. The first-order valence-corrected chi connectivity index (χ1v) is 6.29. The number of nitrogens with one attached hydrogen (secondary N) is 1. The molecule has 0 saturated carbocycles. The van der Waals surface area contributed by atoms with Crippen molar-refractivity contribution in [3.8, 4) is 0 Å². The Hall–Kier alpha value is -0.650. The van der Waals surface area contributed by atoms with Gasteiger partial charge in [0.05, 0.1) is 17.7 Å². The molecule has 1 saturated heterocycles. The largest absolute Gasteiger partial charge is 0.368 e. The summed E-state index contributed by atoms with van der Waals surface area (Å²) >= 11 is 0. The van der Waals surface area contributed by atoms with Crippen molar-refractivity contribution < 1.29 is 9.53 Å². The number of hydrogen-bond donors (Lipinski definition) is 2. The van der Waals surface area contributed by atoms with Gasteiger partial charge in [-0.25, -0.2) is 0 Å². The number of nitrogens with zero attached hydrogens (tertiary/aromatic N) is 1. The van der Waals surface area contributed by atoms with Crippen molar-refractivity contribution in [1.29, 1.82) is 0 Å². The summed E-state index contributed by atoms with van der Waals surface area (Å²) in [4.78, 5) is 14.0. The predicted molar refractivity (Wildman–Crippen MR) is 67.7 cm³/mol. The molecule has 100 valence electrons. The Bertz CT molecular complexity index is 268. The highest BCUT2D eigenvalue weighted by Gasteiger charge is 2.36. The fourth-order valence-electron chi connectivity index (χ4n) is 2.25. The van der Waals surface area contributed by atoms with Crippen LogP contribution in [0.2, 0.25) is 0 Å². The molecule has 17 heavy (non-hydrogen) atoms. The highest BCUT2D eigenvalue weighted by Crippen LogP contribution is 2.22. The van der Waals surface area contributed by atoms with Gasteiger partial charge >= 0.3 is 0 Å². The van der Waals surface area contributed by atoms with E-state index in [4.69, 9.17) is 10.5 Å². The van der Waals surface area contributed by atoms with E-state index in [-0.39, 0.29) is 23.7 Å². The summed E-state index contributed by atoms with van der Waals surface area (Å²) in [5.74, 6) is 0.0703. The van der Waals surface area contributed by atoms with E-state index in [0.717, 1.165) is 13.1 Å². The van der Waals surface area contributed by atoms with Crippen LogP contribution in [-0.2, 0) is 9.53 Å². The zero-order chi connectivity index (χ0) is 13.1. The summed E-state index contributed by atoms with van der Waals surface area (Å²) in [6.45, 7) is 10.5. The maximum absolute atomic E-state index is 11.8. The Balaban J connectivity index is 2.66. The first-order valence-electron chi connectivity index (χ1n) is 6.29. The Kier molecular flexibility index (Phi) is 4.91. The molecule has 1 fully saturated rings. The van der Waals surface area contributed by atoms with Crippen LogP contribution in [0.1, 0.15) is 27.7 Å². The highest BCUT2D eigenvalue weighted by molar-refractivity contribution is 5.81. The lowest BCUT2D eigenvalue weighted by atomic mass is 10.0. The van der Waals surface area contributed by atoms with Crippen LogP contribution in [0.4, 0.5) is 0 Å². The van der Waals surface area contributed by atoms with E-state index in [0.29, 0.717) is 13.1 Å². The standard InChI is InChI=1S/C12H25N3O2/c1-5-14-11(16)9(2)15-7-10(6-13)17-12(3,4)8-15/h9-10H,5-8,13H2,1-4H3,(H,14,16). The molecule has 5 nitrogen and oxygen atoms in total. The zero-order valence-electron chi connectivity index (χ0n) is 11.3. The number of nitrogens with two attached hydrogens (primary N) is 1. The van der Waals surface area contributed by atoms with E-state index in [1.165, 1.54) is 0 Å². The lowest BCUT2D eigenvalue weighted by molar-refractivity contribution is -0.149. The molecule has 0 radical (unpaired) electrons. The number of amides is 1. The second-order valence-electron chi connectivity index (χ2n) is 5.24. The fourth-order valence-corrected chi connectivity index (χ4v) is 2.25. The molecule has 1 aliphatic heterocycles. The smallest absolute Gasteiger partial charge is 0.237 e. The third-order valence-corrected chi connectivity index (χ3v) is 3.05. The Labute approximate surface area is 104 Å². The van der Waals surface area contributed by atoms with Crippen LogP contribution in [0.25, 0.3) is 0 Å². The zero-order valence-corrected chi connectivity index (χ0v) is 11.3. The summed E-state index contributed by atoms with van der Waals surface area (Å²) in [5, 5.41) is 2.85. The number of hydrogen-bond acceptors (Lipinski definition) is 4. The van der Waals surface area contributed by atoms with Crippen LogP contribution >= 0.6 is 0 Å². The molecular weight excluding hydrogens is 218 g/mol. The van der Waals surface area contributed by atoms with Gasteiger partial charge in [0, 0.05) is 26.2 Å². The molecule has 0 bridgehead atoms. The summed E-state index contributed by atoms with van der Waals surface area (Å²) in [7, 11) is 0. The SMILES string of the molecule is CCNC(=O)C(C)N1CC(CN)OC(C)(C)C1. The van der Waals surface area contributed by atoms with Crippen LogP contribution < -0.4 is 11.1 Å². The Morgan fingerprint density at radius 3 is 2.82 bits per heavy atom. The first-order chi connectivity index (χ1) is 7.89. The van der Waals surface area contributed by atoms with Gasteiger partial charge in [-0.2, -0.15) is 0 Å². The van der Waals surface area contributed by atoms with Gasteiger partial charge in [-0.1, -0.05) is 0 Å². The van der Waals surface area contributed by atoms with Gasteiger partial charge in [-0.3, -0.25) is 9.69 Å². The van der Waals surface area contributed by atoms with Gasteiger partial charge in [0.1, 0.15) is 0 Å². The minimum atomic E-state index is -0.247. The molecule has 1 amide bonds. The van der Waals surface area contributed by atoms with Gasteiger partial charge in [0.25, 0.3) is 0 Å². The molecule has 0 spiro atoms. The Morgan fingerprint density at radius 1 is 1.65 bits per heavy atom. The fraction of sp³-hybridized carbons (Fsp3) is 0.917. The summed E-state index contributed by atoms with van der Waals surface area (Å²) < 4.78 is 5.84. The van der Waals surface area contributed by atoms with Gasteiger partial charge in [-0.05, 0) is 27.7 Å². The predicted octanol–water partition coefficient (Wildman–Crippen LogP) is -0.0509. The molecule has 0 aromatic heterocycles. The van der Waals surface area contributed by atoms with E-state index in [1.807, 2.05) is 27.7 Å². The minimum absolute atomic E-state index is 0.00984. The van der Waals surface area contributed by atoms with Crippen molar-refractivity contribution in [2.45, 2.75) is 45.4 Å². The van der Waals surface area contributed by atoms with Crippen LogP contribution in [0.5, 0.6) is 0 Å². The van der Waals surface area contributed by atoms with E-state index >= 15 is 0 Å². The molecular formula is C12H25N3O2. The van der Waals surface area contributed by atoms with Gasteiger partial charge in [0.15, 0.2) is 0 Å². The monoisotopic (exact) mass is 243 g/mol. The third-order valence-electron chi connectivity index (χ3n) is 3.05. The molecule has 0 aromatic carbocycles. The van der Waals surface area contributed by atoms with Crippen molar-refractivity contribution in [1.82, 2.24) is 10.2 Å². The van der Waals surface area contributed by atoms with Crippen molar-refractivity contribution >= 4 is 5.91 Å². The lowest BCUT2D eigenvalue weighted by Gasteiger charge is -2.44. The van der Waals surface area contributed by atoms with E-state index in [2.05, 4.69) is 10.2 Å². The quantitative estimate of drug-likeness (QED) is 0.726. The summed E-state index contributed by atoms with van der Waals surface area (Å²) in [6, 6.07) is -0.132. The normalized spacial score (nSPS) is 26.5. The molecule has 0 aliphatic carbocycles. The third kappa shape index (κ3) is 3.94. The molecule has 3 N–H and O–H groups in total. The molecule has 1 heterocycles. The average Bonchev–Trinajstić information content (AvgIpc) is 2.26. The van der Waals surface area contributed by atoms with Gasteiger partial charge < -0.3 is 15.8 Å². The maximum atomic E-state index is 11.8. The van der Waals surface area contributed by atoms with E-state index in [9.17, 15) is 4.79 Å². The number of likely N-dealkylation sites (N-methyl/N-ethyl adjacent to an activating group) is 1. The number of rotatable bonds is 4. The van der Waals surface area contributed by atoms with Crippen LogP contribution in [0, 0.1) is 0 Å². The second-order valence-corrected chi connectivity index (χ2v) is 5.24. The second kappa shape index (κ2) is 5.80.